The van der Waals surface area contributed by atoms with E-state index in [2.05, 4.69) is 5.32 Å². The van der Waals surface area contributed by atoms with E-state index in [0.29, 0.717) is 12.8 Å². The van der Waals surface area contributed by atoms with Crippen molar-refractivity contribution in [1.29, 1.82) is 0 Å². The summed E-state index contributed by atoms with van der Waals surface area (Å²) in [5.74, 6) is 0.151. The normalized spacial score (nSPS) is 10.3. The molecule has 0 fully saturated rings. The Morgan fingerprint density at radius 1 is 1.10 bits per heavy atom. The second-order valence-electron chi connectivity index (χ2n) is 4.83. The zero-order valence-corrected chi connectivity index (χ0v) is 11.6. The van der Waals surface area contributed by atoms with Gasteiger partial charge in [-0.3, -0.25) is 4.79 Å². The molecule has 3 heteroatoms. The van der Waals surface area contributed by atoms with Crippen LogP contribution in [0.1, 0.15) is 18.1 Å². The van der Waals surface area contributed by atoms with Gasteiger partial charge in [-0.2, -0.15) is 0 Å². The molecule has 2 aromatic carbocycles. The summed E-state index contributed by atoms with van der Waals surface area (Å²) in [6, 6.07) is 15.8. The standard InChI is InChI=1S/C17H19NO2/c1-13(20)12-15-4-2-3-5-17(15)18-16-8-6-14(7-9-16)10-11-19/h2-9,18-19H,10-12H2,1H3. The minimum atomic E-state index is 0.151. The van der Waals surface area contributed by atoms with E-state index in [4.69, 9.17) is 5.11 Å². The summed E-state index contributed by atoms with van der Waals surface area (Å²) in [6.45, 7) is 1.76. The van der Waals surface area contributed by atoms with E-state index in [1.54, 1.807) is 6.92 Å². The maximum atomic E-state index is 11.3. The third-order valence-corrected chi connectivity index (χ3v) is 3.09. The second kappa shape index (κ2) is 6.87. The molecular formula is C17H19NO2. The Hall–Kier alpha value is -2.13. The van der Waals surface area contributed by atoms with Gasteiger partial charge in [0.2, 0.25) is 0 Å². The maximum Gasteiger partial charge on any atom is 0.134 e. The molecule has 2 aromatic rings. The summed E-state index contributed by atoms with van der Waals surface area (Å²) >= 11 is 0. The minimum Gasteiger partial charge on any atom is -0.396 e. The van der Waals surface area contributed by atoms with E-state index in [9.17, 15) is 4.79 Å². The number of carbonyl (C=O) groups excluding carboxylic acids is 1. The molecule has 0 aliphatic carbocycles. The monoisotopic (exact) mass is 269 g/mol. The van der Waals surface area contributed by atoms with Gasteiger partial charge in [0, 0.05) is 24.4 Å². The Morgan fingerprint density at radius 2 is 1.80 bits per heavy atom. The van der Waals surface area contributed by atoms with E-state index < -0.39 is 0 Å². The van der Waals surface area contributed by atoms with Crippen molar-refractivity contribution in [3.63, 3.8) is 0 Å². The summed E-state index contributed by atoms with van der Waals surface area (Å²) in [4.78, 5) is 11.3. The SMILES string of the molecule is CC(=O)Cc1ccccc1Nc1ccc(CCO)cc1. The highest BCUT2D eigenvalue weighted by molar-refractivity contribution is 5.80. The van der Waals surface area contributed by atoms with Gasteiger partial charge in [0.1, 0.15) is 5.78 Å². The highest BCUT2D eigenvalue weighted by Gasteiger charge is 2.04. The number of benzene rings is 2. The van der Waals surface area contributed by atoms with E-state index in [1.807, 2.05) is 48.5 Å². The molecular weight excluding hydrogens is 250 g/mol. The first kappa shape index (κ1) is 14.3. The number of ketones is 1. The molecule has 104 valence electrons. The largest absolute Gasteiger partial charge is 0.396 e. The average Bonchev–Trinajstić information content (AvgIpc) is 2.43. The average molecular weight is 269 g/mol. The molecule has 0 aliphatic rings. The number of para-hydroxylation sites is 1. The molecule has 0 aliphatic heterocycles. The third kappa shape index (κ3) is 3.93. The number of hydrogen-bond acceptors (Lipinski definition) is 3. The molecule has 0 radical (unpaired) electrons. The fourth-order valence-electron chi connectivity index (χ4n) is 2.10. The summed E-state index contributed by atoms with van der Waals surface area (Å²) in [5.41, 5.74) is 4.04. The quantitative estimate of drug-likeness (QED) is 0.847. The number of aliphatic hydroxyl groups is 1. The van der Waals surface area contributed by atoms with Crippen LogP contribution in [0.25, 0.3) is 0 Å². The molecule has 0 unspecified atom stereocenters. The Balaban J connectivity index is 2.15. The smallest absolute Gasteiger partial charge is 0.134 e. The van der Waals surface area contributed by atoms with Crippen LogP contribution in [0.4, 0.5) is 11.4 Å². The van der Waals surface area contributed by atoms with Crippen LogP contribution in [0.3, 0.4) is 0 Å². The number of carbonyl (C=O) groups is 1. The predicted molar refractivity (Wildman–Crippen MR) is 81.3 cm³/mol. The summed E-state index contributed by atoms with van der Waals surface area (Å²) in [6.07, 6.45) is 1.10. The number of anilines is 2. The van der Waals surface area contributed by atoms with Crippen molar-refractivity contribution in [2.75, 3.05) is 11.9 Å². The molecule has 0 aromatic heterocycles. The summed E-state index contributed by atoms with van der Waals surface area (Å²) < 4.78 is 0. The Kier molecular flexibility index (Phi) is 4.91. The molecule has 0 saturated carbocycles. The lowest BCUT2D eigenvalue weighted by atomic mass is 10.1. The van der Waals surface area contributed by atoms with Gasteiger partial charge in [-0.05, 0) is 42.7 Å². The number of nitrogens with one attached hydrogen (secondary N) is 1. The van der Waals surface area contributed by atoms with Gasteiger partial charge in [0.25, 0.3) is 0 Å². The highest BCUT2D eigenvalue weighted by Crippen LogP contribution is 2.22. The third-order valence-electron chi connectivity index (χ3n) is 3.09. The molecule has 2 N–H and O–H groups in total. The van der Waals surface area contributed by atoms with E-state index >= 15 is 0 Å². The Morgan fingerprint density at radius 3 is 2.45 bits per heavy atom. The van der Waals surface area contributed by atoms with Crippen molar-refractivity contribution >= 4 is 17.2 Å². The van der Waals surface area contributed by atoms with Gasteiger partial charge in [-0.15, -0.1) is 0 Å². The van der Waals surface area contributed by atoms with Crippen LogP contribution >= 0.6 is 0 Å². The first-order valence-electron chi connectivity index (χ1n) is 6.73. The van der Waals surface area contributed by atoms with Gasteiger partial charge < -0.3 is 10.4 Å². The lowest BCUT2D eigenvalue weighted by Gasteiger charge is -2.11. The number of Topliss-reactive ketones (excluding diaryl/α,β-unsaturated/α-hetero) is 1. The van der Waals surface area contributed by atoms with Gasteiger partial charge in [-0.1, -0.05) is 30.3 Å². The number of aliphatic hydroxyl groups excluding tert-OH is 1. The van der Waals surface area contributed by atoms with E-state index in [0.717, 1.165) is 22.5 Å². The summed E-state index contributed by atoms with van der Waals surface area (Å²) in [7, 11) is 0. The lowest BCUT2D eigenvalue weighted by molar-refractivity contribution is -0.116. The van der Waals surface area contributed by atoms with E-state index in [1.165, 1.54) is 0 Å². The topological polar surface area (TPSA) is 49.3 Å². The van der Waals surface area contributed by atoms with Crippen molar-refractivity contribution in [2.24, 2.45) is 0 Å². The minimum absolute atomic E-state index is 0.151. The van der Waals surface area contributed by atoms with Crippen LogP contribution in [0, 0.1) is 0 Å². The lowest BCUT2D eigenvalue weighted by Crippen LogP contribution is -2.01. The molecule has 0 saturated heterocycles. The van der Waals surface area contributed by atoms with Gasteiger partial charge in [-0.25, -0.2) is 0 Å². The molecule has 20 heavy (non-hydrogen) atoms. The van der Waals surface area contributed by atoms with Gasteiger partial charge in [0.15, 0.2) is 0 Å². The van der Waals surface area contributed by atoms with Crippen molar-refractivity contribution in [3.8, 4) is 0 Å². The molecule has 3 nitrogen and oxygen atoms in total. The van der Waals surface area contributed by atoms with Crippen LogP contribution < -0.4 is 5.32 Å². The second-order valence-corrected chi connectivity index (χ2v) is 4.83. The molecule has 0 spiro atoms. The first-order valence-corrected chi connectivity index (χ1v) is 6.73. The van der Waals surface area contributed by atoms with Crippen molar-refractivity contribution in [3.05, 3.63) is 59.7 Å². The zero-order valence-electron chi connectivity index (χ0n) is 11.6. The van der Waals surface area contributed by atoms with Crippen molar-refractivity contribution in [1.82, 2.24) is 0 Å². The highest BCUT2D eigenvalue weighted by atomic mass is 16.2. The van der Waals surface area contributed by atoms with Crippen LogP contribution in [0.5, 0.6) is 0 Å². The Bertz CT molecular complexity index is 576. The van der Waals surface area contributed by atoms with Gasteiger partial charge >= 0.3 is 0 Å². The molecule has 2 rings (SSSR count). The van der Waals surface area contributed by atoms with Crippen LogP contribution in [0.15, 0.2) is 48.5 Å². The van der Waals surface area contributed by atoms with Crippen molar-refractivity contribution < 1.29 is 9.90 Å². The Labute approximate surface area is 119 Å². The summed E-state index contributed by atoms with van der Waals surface area (Å²) in [5, 5.41) is 12.2. The molecule has 0 bridgehead atoms. The van der Waals surface area contributed by atoms with Crippen molar-refractivity contribution in [2.45, 2.75) is 19.8 Å². The fourth-order valence-corrected chi connectivity index (χ4v) is 2.10. The number of rotatable bonds is 6. The van der Waals surface area contributed by atoms with Crippen LogP contribution in [-0.2, 0) is 17.6 Å². The molecule has 0 heterocycles. The number of hydrogen-bond donors (Lipinski definition) is 2. The molecule has 0 atom stereocenters. The molecule has 0 amide bonds. The predicted octanol–water partition coefficient (Wildman–Crippen LogP) is 3.10. The van der Waals surface area contributed by atoms with Crippen LogP contribution in [-0.4, -0.2) is 17.5 Å². The zero-order chi connectivity index (χ0) is 14.4. The van der Waals surface area contributed by atoms with Gasteiger partial charge in [0.05, 0.1) is 0 Å². The van der Waals surface area contributed by atoms with Crippen LogP contribution in [0.2, 0.25) is 0 Å². The maximum absolute atomic E-state index is 11.3. The first-order chi connectivity index (χ1) is 9.69. The fraction of sp³-hybridized carbons (Fsp3) is 0.235. The van der Waals surface area contributed by atoms with E-state index in [-0.39, 0.29) is 12.4 Å².